The molecule has 41 heavy (non-hydrogen) atoms. The van der Waals surface area contributed by atoms with E-state index in [1.165, 1.54) is 30.7 Å². The molecule has 0 aromatic heterocycles. The quantitative estimate of drug-likeness (QED) is 0.129. The standard InChI is InChI=1S/C33H27ClFNO5/c34-26-12-17-31(29(20-26)23-4-2-1-3-5-23)41-32-16-7-21(18-30(32)36(39)40)6-8-25-19-24(11-15-28(25)33(37)38)22-9-13-27(35)14-10-22/h6-20,23H,1-5H2,(H,37,38)/b8-6+. The minimum atomic E-state index is -1.11. The van der Waals surface area contributed by atoms with Gasteiger partial charge in [0.05, 0.1) is 10.5 Å². The summed E-state index contributed by atoms with van der Waals surface area (Å²) in [5.41, 5.74) is 3.15. The van der Waals surface area contributed by atoms with Crippen molar-refractivity contribution in [2.45, 2.75) is 38.0 Å². The Balaban J connectivity index is 1.45. The zero-order chi connectivity index (χ0) is 28.9. The summed E-state index contributed by atoms with van der Waals surface area (Å²) in [5, 5.41) is 22.3. The number of nitro benzene ring substituents is 1. The fraction of sp³-hybridized carbons (Fsp3) is 0.182. The molecule has 6 nitrogen and oxygen atoms in total. The summed E-state index contributed by atoms with van der Waals surface area (Å²) in [4.78, 5) is 23.4. The van der Waals surface area contributed by atoms with Crippen LogP contribution in [0.15, 0.2) is 78.9 Å². The van der Waals surface area contributed by atoms with Crippen LogP contribution in [0.4, 0.5) is 10.1 Å². The van der Waals surface area contributed by atoms with Gasteiger partial charge in [0.2, 0.25) is 5.75 Å². The number of rotatable bonds is 8. The number of carboxylic acids is 1. The van der Waals surface area contributed by atoms with Gasteiger partial charge in [-0.1, -0.05) is 67.3 Å². The maximum atomic E-state index is 13.4. The fourth-order valence-corrected chi connectivity index (χ4v) is 5.41. The number of hydrogen-bond acceptors (Lipinski definition) is 4. The first-order valence-corrected chi connectivity index (χ1v) is 13.7. The molecule has 0 aliphatic heterocycles. The molecule has 1 aliphatic rings. The zero-order valence-corrected chi connectivity index (χ0v) is 22.8. The Morgan fingerprint density at radius 1 is 0.902 bits per heavy atom. The molecule has 1 aliphatic carbocycles. The van der Waals surface area contributed by atoms with E-state index >= 15 is 0 Å². The normalized spacial score (nSPS) is 13.8. The summed E-state index contributed by atoms with van der Waals surface area (Å²) in [6.07, 6.45) is 8.67. The molecular formula is C33H27ClFNO5. The van der Waals surface area contributed by atoms with Gasteiger partial charge in [-0.2, -0.15) is 0 Å². The van der Waals surface area contributed by atoms with Crippen LogP contribution in [0.5, 0.6) is 11.5 Å². The van der Waals surface area contributed by atoms with Crippen LogP contribution in [0.2, 0.25) is 5.02 Å². The molecule has 0 heterocycles. The van der Waals surface area contributed by atoms with Crippen LogP contribution in [0.1, 0.15) is 65.1 Å². The molecule has 0 unspecified atom stereocenters. The highest BCUT2D eigenvalue weighted by atomic mass is 35.5. The molecule has 0 amide bonds. The van der Waals surface area contributed by atoms with Crippen molar-refractivity contribution in [1.29, 1.82) is 0 Å². The molecule has 0 radical (unpaired) electrons. The third-order valence-electron chi connectivity index (χ3n) is 7.33. The maximum Gasteiger partial charge on any atom is 0.336 e. The molecule has 4 aromatic carbocycles. The highest BCUT2D eigenvalue weighted by Crippen LogP contribution is 2.42. The second kappa shape index (κ2) is 12.4. The van der Waals surface area contributed by atoms with Crippen molar-refractivity contribution >= 4 is 35.4 Å². The van der Waals surface area contributed by atoms with Gasteiger partial charge in [0, 0.05) is 11.1 Å². The van der Waals surface area contributed by atoms with Crippen molar-refractivity contribution in [2.24, 2.45) is 0 Å². The Bertz CT molecular complexity index is 1630. The van der Waals surface area contributed by atoms with E-state index in [0.29, 0.717) is 27.5 Å². The Labute approximate surface area is 241 Å². The second-order valence-electron chi connectivity index (χ2n) is 10.1. The lowest BCUT2D eigenvalue weighted by Gasteiger charge is -2.24. The Morgan fingerprint density at radius 2 is 1.61 bits per heavy atom. The van der Waals surface area contributed by atoms with Crippen molar-refractivity contribution in [3.63, 3.8) is 0 Å². The van der Waals surface area contributed by atoms with Gasteiger partial charge >= 0.3 is 11.7 Å². The first-order chi connectivity index (χ1) is 19.8. The van der Waals surface area contributed by atoms with Gasteiger partial charge in [-0.15, -0.1) is 0 Å². The molecule has 1 saturated carbocycles. The number of carbonyl (C=O) groups is 1. The van der Waals surface area contributed by atoms with E-state index in [4.69, 9.17) is 16.3 Å². The van der Waals surface area contributed by atoms with Gasteiger partial charge in [0.15, 0.2) is 0 Å². The lowest BCUT2D eigenvalue weighted by atomic mass is 9.84. The third kappa shape index (κ3) is 6.64. The van der Waals surface area contributed by atoms with Gasteiger partial charge in [-0.25, -0.2) is 9.18 Å². The van der Waals surface area contributed by atoms with E-state index in [-0.39, 0.29) is 28.7 Å². The number of halogens is 2. The first-order valence-electron chi connectivity index (χ1n) is 13.4. The molecule has 0 atom stereocenters. The van der Waals surface area contributed by atoms with Crippen molar-refractivity contribution in [2.75, 3.05) is 0 Å². The highest BCUT2D eigenvalue weighted by molar-refractivity contribution is 6.30. The van der Waals surface area contributed by atoms with Crippen molar-refractivity contribution in [3.8, 4) is 22.6 Å². The predicted octanol–water partition coefficient (Wildman–Crippen LogP) is 9.76. The summed E-state index contributed by atoms with van der Waals surface area (Å²) in [6, 6.07) is 20.7. The Morgan fingerprint density at radius 3 is 2.32 bits per heavy atom. The van der Waals surface area contributed by atoms with Crippen molar-refractivity contribution in [1.82, 2.24) is 0 Å². The molecule has 5 rings (SSSR count). The molecular weight excluding hydrogens is 545 g/mol. The van der Waals surface area contributed by atoms with E-state index in [1.54, 1.807) is 60.7 Å². The number of hydrogen-bond donors (Lipinski definition) is 1. The first kappa shape index (κ1) is 28.1. The lowest BCUT2D eigenvalue weighted by molar-refractivity contribution is -0.385. The van der Waals surface area contributed by atoms with Crippen LogP contribution in [-0.2, 0) is 0 Å². The molecule has 0 saturated heterocycles. The van der Waals surface area contributed by atoms with Crippen molar-refractivity contribution < 1.29 is 24.0 Å². The average molecular weight is 572 g/mol. The van der Waals surface area contributed by atoms with E-state index < -0.39 is 10.9 Å². The number of nitro groups is 1. The minimum Gasteiger partial charge on any atom is -0.478 e. The average Bonchev–Trinajstić information content (AvgIpc) is 2.98. The van der Waals surface area contributed by atoms with E-state index in [2.05, 4.69) is 0 Å². The van der Waals surface area contributed by atoms with Gasteiger partial charge in [0.25, 0.3) is 0 Å². The van der Waals surface area contributed by atoms with Crippen LogP contribution >= 0.6 is 11.6 Å². The van der Waals surface area contributed by atoms with Crippen molar-refractivity contribution in [3.05, 3.63) is 122 Å². The van der Waals surface area contributed by atoms with E-state index in [9.17, 15) is 24.4 Å². The minimum absolute atomic E-state index is 0.0690. The molecule has 208 valence electrons. The zero-order valence-electron chi connectivity index (χ0n) is 22.1. The molecule has 4 aromatic rings. The number of nitrogens with zero attached hydrogens (tertiary/aromatic N) is 1. The van der Waals surface area contributed by atoms with Gasteiger partial charge in [0.1, 0.15) is 11.6 Å². The molecule has 8 heteroatoms. The van der Waals surface area contributed by atoms with Crippen LogP contribution in [0.3, 0.4) is 0 Å². The third-order valence-corrected chi connectivity index (χ3v) is 7.57. The maximum absolute atomic E-state index is 13.4. The summed E-state index contributed by atoms with van der Waals surface area (Å²) >= 11 is 6.29. The van der Waals surface area contributed by atoms with Crippen LogP contribution < -0.4 is 4.74 Å². The molecule has 0 bridgehead atoms. The lowest BCUT2D eigenvalue weighted by Crippen LogP contribution is -2.06. The molecule has 1 fully saturated rings. The number of aromatic carboxylic acids is 1. The predicted molar refractivity (Wildman–Crippen MR) is 158 cm³/mol. The molecule has 0 spiro atoms. The van der Waals surface area contributed by atoms with Gasteiger partial charge < -0.3 is 9.84 Å². The SMILES string of the molecule is O=C(O)c1ccc(-c2ccc(F)cc2)cc1/C=C/c1ccc(Oc2ccc(Cl)cc2C2CCCCC2)c([N+](=O)[O-])c1. The molecule has 1 N–H and O–H groups in total. The van der Waals surface area contributed by atoms with Gasteiger partial charge in [-0.05, 0) is 95.1 Å². The van der Waals surface area contributed by atoms with E-state index in [0.717, 1.165) is 36.8 Å². The van der Waals surface area contributed by atoms with Crippen LogP contribution in [0.25, 0.3) is 23.3 Å². The topological polar surface area (TPSA) is 89.7 Å². The van der Waals surface area contributed by atoms with Gasteiger partial charge in [-0.3, -0.25) is 10.1 Å². The summed E-state index contributed by atoms with van der Waals surface area (Å²) in [6.45, 7) is 0. The highest BCUT2D eigenvalue weighted by Gasteiger charge is 2.23. The number of carboxylic acid groups (broad SMARTS) is 1. The smallest absolute Gasteiger partial charge is 0.336 e. The largest absolute Gasteiger partial charge is 0.478 e. The summed E-state index contributed by atoms with van der Waals surface area (Å²) in [7, 11) is 0. The summed E-state index contributed by atoms with van der Waals surface area (Å²) in [5.74, 6) is -0.534. The monoisotopic (exact) mass is 571 g/mol. The van der Waals surface area contributed by atoms with Crippen LogP contribution in [-0.4, -0.2) is 16.0 Å². The van der Waals surface area contributed by atoms with E-state index in [1.807, 2.05) is 6.07 Å². The Hall–Kier alpha value is -4.49. The Kier molecular flexibility index (Phi) is 8.45. The number of benzene rings is 4. The van der Waals surface area contributed by atoms with Crippen LogP contribution in [0, 0.1) is 15.9 Å². The second-order valence-corrected chi connectivity index (χ2v) is 10.5. The number of ether oxygens (including phenoxy) is 1. The fourth-order valence-electron chi connectivity index (χ4n) is 5.23. The summed E-state index contributed by atoms with van der Waals surface area (Å²) < 4.78 is 19.5.